The predicted octanol–water partition coefficient (Wildman–Crippen LogP) is -0.443. The fraction of sp³-hybridized carbons (Fsp3) is 1.00. The minimum absolute atomic E-state index is 0.373. The van der Waals surface area contributed by atoms with Crippen LogP contribution in [0.5, 0.6) is 0 Å². The molecule has 0 aliphatic rings. The van der Waals surface area contributed by atoms with E-state index in [9.17, 15) is 8.76 Å². The average molecular weight is 382 g/mol. The summed E-state index contributed by atoms with van der Waals surface area (Å²) in [6, 6.07) is 0.618. The maximum Gasteiger partial charge on any atom is 0.500 e. The highest BCUT2D eigenvalue weighted by molar-refractivity contribution is 7.83. The van der Waals surface area contributed by atoms with Crippen molar-refractivity contribution in [1.82, 2.24) is 4.72 Å². The smallest absolute Gasteiger partial charge is 0.500 e. The summed E-state index contributed by atoms with van der Waals surface area (Å²) in [6.07, 6.45) is 0.639. The number of hydrogen-bond acceptors (Lipinski definition) is 7. The van der Waals surface area contributed by atoms with Gasteiger partial charge >= 0.3 is 19.1 Å². The van der Waals surface area contributed by atoms with Gasteiger partial charge in [-0.15, -0.1) is 0 Å². The summed E-state index contributed by atoms with van der Waals surface area (Å²) in [5.41, 5.74) is 0. The third kappa shape index (κ3) is 18.1. The van der Waals surface area contributed by atoms with Crippen LogP contribution in [0.4, 0.5) is 0 Å². The Morgan fingerprint density at radius 3 is 1.82 bits per heavy atom. The van der Waals surface area contributed by atoms with Gasteiger partial charge in [0.1, 0.15) is 0 Å². The minimum atomic E-state index is -4.17. The molecule has 136 valence electrons. The van der Waals surface area contributed by atoms with E-state index >= 15 is 0 Å². The van der Waals surface area contributed by atoms with Gasteiger partial charge < -0.3 is 17.8 Å². The summed E-state index contributed by atoms with van der Waals surface area (Å²) >= 11 is -2.21. The molecule has 10 nitrogen and oxygen atoms in total. The first-order chi connectivity index (χ1) is 10.1. The molecule has 1 atom stereocenters. The lowest BCUT2D eigenvalue weighted by atomic mass is 10.5. The van der Waals surface area contributed by atoms with Gasteiger partial charge in [-0.05, 0) is 27.2 Å². The normalized spacial score (nSPS) is 13.4. The Morgan fingerprint density at radius 1 is 1.18 bits per heavy atom. The van der Waals surface area contributed by atoms with Crippen LogP contribution in [-0.2, 0) is 34.8 Å². The number of nitrogens with one attached hydrogen (secondary N) is 1. The molecule has 0 bridgehead atoms. The molecule has 0 aromatic rings. The SMILES string of the molecule is CCO[Si](CCCNS(=O)[O-])(OCC)OCC.NS(=O)(=O)O. The van der Waals surface area contributed by atoms with E-state index in [0.717, 1.165) is 0 Å². The summed E-state index contributed by atoms with van der Waals surface area (Å²) in [5.74, 6) is 0. The lowest BCUT2D eigenvalue weighted by Gasteiger charge is -2.28. The predicted molar refractivity (Wildman–Crippen MR) is 82.7 cm³/mol. The van der Waals surface area contributed by atoms with E-state index in [0.29, 0.717) is 38.8 Å². The van der Waals surface area contributed by atoms with Crippen LogP contribution in [0.15, 0.2) is 0 Å². The molecule has 22 heavy (non-hydrogen) atoms. The zero-order valence-corrected chi connectivity index (χ0v) is 15.6. The van der Waals surface area contributed by atoms with E-state index in [2.05, 4.69) is 9.86 Å². The topological polar surface area (TPSA) is 160 Å². The quantitative estimate of drug-likeness (QED) is 0.188. The van der Waals surface area contributed by atoms with Crippen LogP contribution in [0.1, 0.15) is 27.2 Å². The van der Waals surface area contributed by atoms with E-state index in [1.807, 2.05) is 20.8 Å². The van der Waals surface area contributed by atoms with Crippen LogP contribution in [0.2, 0.25) is 6.04 Å². The largest absolute Gasteiger partial charge is 0.760 e. The van der Waals surface area contributed by atoms with Crippen LogP contribution < -0.4 is 9.86 Å². The molecule has 0 fully saturated rings. The van der Waals surface area contributed by atoms with E-state index < -0.39 is 30.4 Å². The molecule has 0 aromatic carbocycles. The van der Waals surface area contributed by atoms with Gasteiger partial charge in [-0.1, -0.05) is 0 Å². The first-order valence-electron chi connectivity index (χ1n) is 6.60. The van der Waals surface area contributed by atoms with Crippen LogP contribution in [0, 0.1) is 0 Å². The highest BCUT2D eigenvalue weighted by atomic mass is 32.2. The second-order valence-corrected chi connectivity index (χ2v) is 8.25. The molecule has 0 heterocycles. The summed E-state index contributed by atoms with van der Waals surface area (Å²) in [4.78, 5) is 0. The van der Waals surface area contributed by atoms with Crippen LogP contribution >= 0.6 is 0 Å². The fourth-order valence-electron chi connectivity index (χ4n) is 1.46. The molecule has 13 heteroatoms. The summed E-state index contributed by atoms with van der Waals surface area (Å²) < 4.78 is 65.0. The van der Waals surface area contributed by atoms with Gasteiger partial charge in [0.05, 0.1) is 0 Å². The van der Waals surface area contributed by atoms with Crippen molar-refractivity contribution in [2.24, 2.45) is 5.14 Å². The van der Waals surface area contributed by atoms with Crippen molar-refractivity contribution in [2.45, 2.75) is 33.2 Å². The van der Waals surface area contributed by atoms with E-state index in [-0.39, 0.29) is 0 Å². The Balaban J connectivity index is 0. The van der Waals surface area contributed by atoms with Crippen molar-refractivity contribution in [1.29, 1.82) is 0 Å². The molecular weight excluding hydrogens is 356 g/mol. The second kappa shape index (κ2) is 13.5. The Bertz CT molecular complexity index is 370. The maximum atomic E-state index is 10.3. The molecule has 0 aliphatic carbocycles. The molecular formula is C9H25N2O8S2Si-. The molecule has 0 saturated heterocycles. The highest BCUT2D eigenvalue weighted by Gasteiger charge is 2.39. The molecule has 1 unspecified atom stereocenters. The fourth-order valence-corrected chi connectivity index (χ4v) is 4.38. The third-order valence-corrected chi connectivity index (χ3v) is 5.56. The van der Waals surface area contributed by atoms with E-state index in [1.165, 1.54) is 0 Å². The second-order valence-electron chi connectivity index (χ2n) is 3.73. The molecule has 0 radical (unpaired) electrons. The van der Waals surface area contributed by atoms with Gasteiger partial charge in [0.2, 0.25) is 0 Å². The van der Waals surface area contributed by atoms with E-state index in [4.69, 9.17) is 26.2 Å². The Labute approximate surface area is 135 Å². The van der Waals surface area contributed by atoms with Crippen molar-refractivity contribution in [3.63, 3.8) is 0 Å². The first-order valence-corrected chi connectivity index (χ1v) is 11.1. The van der Waals surface area contributed by atoms with Crippen LogP contribution in [0.3, 0.4) is 0 Å². The lowest BCUT2D eigenvalue weighted by molar-refractivity contribution is 0.0709. The summed E-state index contributed by atoms with van der Waals surface area (Å²) in [6.45, 7) is 7.66. The Hall–Kier alpha value is 0.0369. The van der Waals surface area contributed by atoms with Crippen molar-refractivity contribution in [3.05, 3.63) is 0 Å². The average Bonchev–Trinajstić information content (AvgIpc) is 2.33. The van der Waals surface area contributed by atoms with Gasteiger partial charge in [-0.2, -0.15) is 8.42 Å². The summed E-state index contributed by atoms with van der Waals surface area (Å²) in [5, 5.41) is 3.88. The number of nitrogens with two attached hydrogens (primary N) is 1. The lowest BCUT2D eigenvalue weighted by Crippen LogP contribution is -2.46. The van der Waals surface area contributed by atoms with Crippen LogP contribution in [-0.4, -0.2) is 56.9 Å². The van der Waals surface area contributed by atoms with Gasteiger partial charge in [-0.25, -0.2) is 9.86 Å². The van der Waals surface area contributed by atoms with Gasteiger partial charge in [0, 0.05) is 43.7 Å². The molecule has 0 aromatic heterocycles. The highest BCUT2D eigenvalue weighted by Crippen LogP contribution is 2.17. The first kappa shape index (κ1) is 24.3. The molecule has 0 saturated carbocycles. The van der Waals surface area contributed by atoms with E-state index in [1.54, 1.807) is 0 Å². The van der Waals surface area contributed by atoms with Crippen molar-refractivity contribution in [3.8, 4) is 0 Å². The van der Waals surface area contributed by atoms with Gasteiger partial charge in [0.25, 0.3) is 0 Å². The Morgan fingerprint density at radius 2 is 1.55 bits per heavy atom. The molecule has 0 spiro atoms. The number of hydrogen-bond donors (Lipinski definition) is 3. The Kier molecular flexibility index (Phi) is 14.9. The molecule has 0 aliphatic heterocycles. The van der Waals surface area contributed by atoms with Crippen molar-refractivity contribution in [2.75, 3.05) is 26.4 Å². The molecule has 0 amide bonds. The zero-order valence-electron chi connectivity index (χ0n) is 12.9. The van der Waals surface area contributed by atoms with Gasteiger partial charge in [-0.3, -0.25) is 8.76 Å². The van der Waals surface area contributed by atoms with Crippen molar-refractivity contribution >= 4 is 30.4 Å². The molecule has 4 N–H and O–H groups in total. The summed E-state index contributed by atoms with van der Waals surface area (Å²) in [7, 11) is -6.78. The van der Waals surface area contributed by atoms with Gasteiger partial charge in [0.15, 0.2) is 0 Å². The number of rotatable bonds is 11. The standard InChI is InChI=1S/C9H23NO5SSi.H3NO3S/c1-4-13-17(14-5-2,15-6-3)9-7-8-10-16(11)12;1-5(2,3)4/h10H,4-9H2,1-3H3,(H,11,12);(H3,1,2,3,4)/p-1. The van der Waals surface area contributed by atoms with Crippen molar-refractivity contribution < 1.29 is 35.0 Å². The minimum Gasteiger partial charge on any atom is -0.760 e. The van der Waals surface area contributed by atoms with Crippen LogP contribution in [0.25, 0.3) is 0 Å². The third-order valence-electron chi connectivity index (χ3n) is 1.97. The zero-order chi connectivity index (χ0) is 17.6. The monoisotopic (exact) mass is 381 g/mol. The maximum absolute atomic E-state index is 10.3. The molecule has 0 rings (SSSR count).